The van der Waals surface area contributed by atoms with Gasteiger partial charge in [0.05, 0.1) is 13.2 Å². The SMILES string of the molecule is OCC(F)(F)CNCCOCC(F)(F)F. The van der Waals surface area contributed by atoms with Gasteiger partial charge in [-0.15, -0.1) is 0 Å². The largest absolute Gasteiger partial charge is 0.411 e. The van der Waals surface area contributed by atoms with Gasteiger partial charge in [-0.25, -0.2) is 8.78 Å². The smallest absolute Gasteiger partial charge is 0.390 e. The third-order valence-corrected chi connectivity index (χ3v) is 1.30. The Labute approximate surface area is 83.2 Å². The molecule has 0 amide bonds. The molecular weight excluding hydrogens is 225 g/mol. The van der Waals surface area contributed by atoms with E-state index in [1.54, 1.807) is 0 Å². The molecule has 0 aromatic rings. The van der Waals surface area contributed by atoms with Crippen molar-refractivity contribution in [2.45, 2.75) is 12.1 Å². The quantitative estimate of drug-likeness (QED) is 0.508. The van der Waals surface area contributed by atoms with E-state index in [1.807, 2.05) is 0 Å². The van der Waals surface area contributed by atoms with E-state index in [9.17, 15) is 22.0 Å². The minimum atomic E-state index is -4.41. The lowest BCUT2D eigenvalue weighted by molar-refractivity contribution is -0.173. The fraction of sp³-hybridized carbons (Fsp3) is 1.00. The lowest BCUT2D eigenvalue weighted by atomic mass is 10.3. The van der Waals surface area contributed by atoms with Crippen LogP contribution < -0.4 is 5.32 Å². The summed E-state index contributed by atoms with van der Waals surface area (Å²) in [6.07, 6.45) is -4.41. The van der Waals surface area contributed by atoms with Crippen molar-refractivity contribution in [3.05, 3.63) is 0 Å². The van der Waals surface area contributed by atoms with Crippen LogP contribution in [0.2, 0.25) is 0 Å². The second-order valence-electron chi connectivity index (χ2n) is 2.86. The fourth-order valence-corrected chi connectivity index (χ4v) is 0.659. The standard InChI is InChI=1S/C7H12F5NO2/c8-6(9,4-14)3-13-1-2-15-5-7(10,11)12/h13-14H,1-5H2. The molecule has 0 aliphatic carbocycles. The van der Waals surface area contributed by atoms with Crippen molar-refractivity contribution in [2.24, 2.45) is 0 Å². The Bertz CT molecular complexity index is 173. The van der Waals surface area contributed by atoms with Crippen LogP contribution >= 0.6 is 0 Å². The lowest BCUT2D eigenvalue weighted by Crippen LogP contribution is -2.37. The van der Waals surface area contributed by atoms with Gasteiger partial charge < -0.3 is 15.2 Å². The van der Waals surface area contributed by atoms with Crippen LogP contribution in [0.1, 0.15) is 0 Å². The van der Waals surface area contributed by atoms with E-state index in [4.69, 9.17) is 5.11 Å². The number of nitrogens with one attached hydrogen (secondary N) is 1. The number of alkyl halides is 5. The summed E-state index contributed by atoms with van der Waals surface area (Å²) in [5.74, 6) is -3.26. The van der Waals surface area contributed by atoms with Crippen LogP contribution in [0.3, 0.4) is 0 Å². The number of halogens is 5. The maximum absolute atomic E-state index is 12.3. The van der Waals surface area contributed by atoms with Crippen LogP contribution in [0.15, 0.2) is 0 Å². The van der Waals surface area contributed by atoms with E-state index < -0.39 is 31.9 Å². The van der Waals surface area contributed by atoms with Gasteiger partial charge in [-0.1, -0.05) is 0 Å². The molecule has 3 nitrogen and oxygen atoms in total. The molecule has 0 unspecified atom stereocenters. The zero-order valence-electron chi connectivity index (χ0n) is 7.78. The summed E-state index contributed by atoms with van der Waals surface area (Å²) in [5, 5.41) is 10.3. The Kier molecular flexibility index (Phi) is 5.99. The zero-order chi connectivity index (χ0) is 11.9. The molecule has 92 valence electrons. The first-order chi connectivity index (χ1) is 6.77. The molecule has 0 aliphatic rings. The van der Waals surface area contributed by atoms with Crippen LogP contribution in [0, 0.1) is 0 Å². The van der Waals surface area contributed by atoms with E-state index >= 15 is 0 Å². The molecule has 0 aromatic carbocycles. The molecule has 0 radical (unpaired) electrons. The van der Waals surface area contributed by atoms with E-state index in [-0.39, 0.29) is 13.2 Å². The van der Waals surface area contributed by atoms with Crippen molar-refractivity contribution < 1.29 is 31.8 Å². The van der Waals surface area contributed by atoms with Gasteiger partial charge in [0.15, 0.2) is 0 Å². The first kappa shape index (κ1) is 14.5. The van der Waals surface area contributed by atoms with E-state index in [0.29, 0.717) is 0 Å². The van der Waals surface area contributed by atoms with Crippen LogP contribution in [0.25, 0.3) is 0 Å². The predicted octanol–water partition coefficient (Wildman–Crippen LogP) is 0.782. The number of aliphatic hydroxyl groups excluding tert-OH is 1. The molecule has 15 heavy (non-hydrogen) atoms. The van der Waals surface area contributed by atoms with Gasteiger partial charge in [0.2, 0.25) is 0 Å². The van der Waals surface area contributed by atoms with Crippen molar-refractivity contribution in [3.63, 3.8) is 0 Å². The van der Waals surface area contributed by atoms with E-state index in [0.717, 1.165) is 0 Å². The van der Waals surface area contributed by atoms with Crippen LogP contribution in [0.5, 0.6) is 0 Å². The molecular formula is C7H12F5NO2. The summed E-state index contributed by atoms with van der Waals surface area (Å²) in [4.78, 5) is 0. The van der Waals surface area contributed by atoms with Crippen molar-refractivity contribution >= 4 is 0 Å². The third kappa shape index (κ3) is 9.83. The lowest BCUT2D eigenvalue weighted by Gasteiger charge is -2.14. The van der Waals surface area contributed by atoms with Crippen LogP contribution in [0.4, 0.5) is 22.0 Å². The van der Waals surface area contributed by atoms with Crippen molar-refractivity contribution in [2.75, 3.05) is 32.9 Å². The van der Waals surface area contributed by atoms with Crippen molar-refractivity contribution in [1.29, 1.82) is 0 Å². The Morgan fingerprint density at radius 3 is 2.20 bits per heavy atom. The summed E-state index contributed by atoms with van der Waals surface area (Å²) in [6.45, 7) is -3.94. The highest BCUT2D eigenvalue weighted by molar-refractivity contribution is 4.67. The topological polar surface area (TPSA) is 41.5 Å². The number of ether oxygens (including phenoxy) is 1. The zero-order valence-corrected chi connectivity index (χ0v) is 7.78. The summed E-state index contributed by atoms with van der Waals surface area (Å²) in [5.41, 5.74) is 0. The van der Waals surface area contributed by atoms with Crippen molar-refractivity contribution in [3.8, 4) is 0 Å². The number of rotatable bonds is 7. The first-order valence-corrected chi connectivity index (χ1v) is 4.11. The monoisotopic (exact) mass is 237 g/mol. The Morgan fingerprint density at radius 1 is 1.13 bits per heavy atom. The van der Waals surface area contributed by atoms with Gasteiger partial charge in [-0.2, -0.15) is 13.2 Å². The normalized spacial score (nSPS) is 13.2. The first-order valence-electron chi connectivity index (χ1n) is 4.11. The van der Waals surface area contributed by atoms with Gasteiger partial charge >= 0.3 is 6.18 Å². The average molecular weight is 237 g/mol. The summed E-state index contributed by atoms with van der Waals surface area (Å²) in [6, 6.07) is 0. The molecule has 0 saturated carbocycles. The average Bonchev–Trinajstić information content (AvgIpc) is 2.09. The number of aliphatic hydroxyl groups is 1. The Balaban J connectivity index is 3.33. The van der Waals surface area contributed by atoms with Crippen molar-refractivity contribution in [1.82, 2.24) is 5.32 Å². The van der Waals surface area contributed by atoms with Gasteiger partial charge in [-0.3, -0.25) is 0 Å². The van der Waals surface area contributed by atoms with E-state index in [1.165, 1.54) is 0 Å². The molecule has 0 aliphatic heterocycles. The highest BCUT2D eigenvalue weighted by Crippen LogP contribution is 2.14. The van der Waals surface area contributed by atoms with E-state index in [2.05, 4.69) is 10.1 Å². The highest BCUT2D eigenvalue weighted by atomic mass is 19.4. The predicted molar refractivity (Wildman–Crippen MR) is 41.8 cm³/mol. The fourth-order valence-electron chi connectivity index (χ4n) is 0.659. The van der Waals surface area contributed by atoms with Crippen LogP contribution in [-0.4, -0.2) is 50.1 Å². The summed E-state index contributed by atoms with van der Waals surface area (Å²) < 4.78 is 63.3. The van der Waals surface area contributed by atoms with Crippen LogP contribution in [-0.2, 0) is 4.74 Å². The number of hydrogen-bond acceptors (Lipinski definition) is 3. The molecule has 0 aromatic heterocycles. The minimum Gasteiger partial charge on any atom is -0.390 e. The maximum Gasteiger partial charge on any atom is 0.411 e. The molecule has 0 rings (SSSR count). The minimum absolute atomic E-state index is 0.133. The molecule has 0 bridgehead atoms. The highest BCUT2D eigenvalue weighted by Gasteiger charge is 2.28. The molecule has 0 heterocycles. The molecule has 0 spiro atoms. The second-order valence-corrected chi connectivity index (χ2v) is 2.86. The van der Waals surface area contributed by atoms with Gasteiger partial charge in [-0.05, 0) is 0 Å². The second kappa shape index (κ2) is 6.19. The summed E-state index contributed by atoms with van der Waals surface area (Å²) >= 11 is 0. The molecule has 8 heteroatoms. The Hall–Kier alpha value is -0.470. The van der Waals surface area contributed by atoms with Gasteiger partial charge in [0.25, 0.3) is 5.92 Å². The summed E-state index contributed by atoms with van der Waals surface area (Å²) in [7, 11) is 0. The molecule has 0 fully saturated rings. The maximum atomic E-state index is 12.3. The van der Waals surface area contributed by atoms with Gasteiger partial charge in [0.1, 0.15) is 13.2 Å². The Morgan fingerprint density at radius 2 is 1.73 bits per heavy atom. The molecule has 2 N–H and O–H groups in total. The molecule has 0 atom stereocenters. The molecule has 0 saturated heterocycles. The van der Waals surface area contributed by atoms with Gasteiger partial charge in [0, 0.05) is 6.54 Å². The third-order valence-electron chi connectivity index (χ3n) is 1.30. The number of hydrogen-bond donors (Lipinski definition) is 2.